The first-order valence-electron chi connectivity index (χ1n) is 7.34. The van der Waals surface area contributed by atoms with E-state index in [-0.39, 0.29) is 11.8 Å². The van der Waals surface area contributed by atoms with E-state index in [1.807, 2.05) is 68.6 Å². The quantitative estimate of drug-likeness (QED) is 0.851. The van der Waals surface area contributed by atoms with Crippen molar-refractivity contribution in [3.05, 3.63) is 65.7 Å². The number of carbonyl (C=O) groups is 1. The van der Waals surface area contributed by atoms with Gasteiger partial charge in [0.1, 0.15) is 0 Å². The molecule has 1 unspecified atom stereocenters. The number of amides is 1. The molecule has 2 rings (SSSR count). The number of rotatable bonds is 6. The Morgan fingerprint density at radius 1 is 1.05 bits per heavy atom. The highest BCUT2D eigenvalue weighted by atomic mass is 16.1. The molecule has 2 N–H and O–H groups in total. The Bertz CT molecular complexity index is 581. The maximum absolute atomic E-state index is 12.6. The molecule has 3 nitrogen and oxygen atoms in total. The summed E-state index contributed by atoms with van der Waals surface area (Å²) in [4.78, 5) is 12.6. The number of anilines is 1. The molecule has 0 spiro atoms. The predicted octanol–water partition coefficient (Wildman–Crippen LogP) is 3.54. The van der Waals surface area contributed by atoms with Gasteiger partial charge < -0.3 is 10.6 Å². The van der Waals surface area contributed by atoms with Gasteiger partial charge in [-0.3, -0.25) is 4.79 Å². The van der Waals surface area contributed by atoms with Crippen LogP contribution in [0.15, 0.2) is 54.6 Å². The second kappa shape index (κ2) is 7.60. The second-order valence-corrected chi connectivity index (χ2v) is 5.05. The first-order chi connectivity index (χ1) is 10.3. The van der Waals surface area contributed by atoms with E-state index in [0.717, 1.165) is 29.8 Å². The van der Waals surface area contributed by atoms with Crippen LogP contribution in [0.5, 0.6) is 0 Å². The van der Waals surface area contributed by atoms with E-state index in [9.17, 15) is 4.79 Å². The minimum atomic E-state index is -0.117. The molecule has 110 valence electrons. The second-order valence-electron chi connectivity index (χ2n) is 5.05. The van der Waals surface area contributed by atoms with Gasteiger partial charge in [-0.2, -0.15) is 0 Å². The van der Waals surface area contributed by atoms with Crippen molar-refractivity contribution in [1.29, 1.82) is 0 Å². The number of carbonyl (C=O) groups excluding carboxylic acids is 1. The van der Waals surface area contributed by atoms with Crippen LogP contribution in [0, 0.1) is 0 Å². The van der Waals surface area contributed by atoms with Gasteiger partial charge in [-0.05, 0) is 30.7 Å². The molecule has 0 aliphatic heterocycles. The van der Waals surface area contributed by atoms with Crippen molar-refractivity contribution in [3.8, 4) is 0 Å². The Morgan fingerprint density at radius 2 is 1.71 bits per heavy atom. The van der Waals surface area contributed by atoms with Crippen molar-refractivity contribution in [1.82, 2.24) is 5.32 Å². The molecule has 0 fully saturated rings. The van der Waals surface area contributed by atoms with Crippen molar-refractivity contribution in [2.75, 3.05) is 12.4 Å². The molecule has 21 heavy (non-hydrogen) atoms. The van der Waals surface area contributed by atoms with Crippen LogP contribution >= 0.6 is 0 Å². The van der Waals surface area contributed by atoms with Crippen LogP contribution in [0.3, 0.4) is 0 Å². The fourth-order valence-electron chi connectivity index (χ4n) is 2.46. The number of nitrogens with one attached hydrogen (secondary N) is 2. The maximum atomic E-state index is 12.6. The minimum absolute atomic E-state index is 0.0484. The molecule has 0 aliphatic carbocycles. The normalized spacial score (nSPS) is 11.9. The van der Waals surface area contributed by atoms with E-state index in [0.29, 0.717) is 0 Å². The molecule has 1 amide bonds. The van der Waals surface area contributed by atoms with Gasteiger partial charge in [-0.25, -0.2) is 0 Å². The van der Waals surface area contributed by atoms with Gasteiger partial charge in [0.15, 0.2) is 0 Å². The van der Waals surface area contributed by atoms with Gasteiger partial charge in [0, 0.05) is 12.2 Å². The first-order valence-corrected chi connectivity index (χ1v) is 7.34. The monoisotopic (exact) mass is 282 g/mol. The largest absolute Gasteiger partial charge is 0.325 e. The lowest BCUT2D eigenvalue weighted by molar-refractivity contribution is -0.117. The van der Waals surface area contributed by atoms with E-state index in [1.54, 1.807) is 0 Å². The van der Waals surface area contributed by atoms with Gasteiger partial charge in [-0.1, -0.05) is 55.5 Å². The average molecular weight is 282 g/mol. The zero-order chi connectivity index (χ0) is 15.1. The Kier molecular flexibility index (Phi) is 5.52. The highest BCUT2D eigenvalue weighted by Crippen LogP contribution is 2.23. The standard InChI is InChI=1S/C18H22N2O/c1-3-16(14-9-5-4-6-10-14)18(21)20-17-12-8-7-11-15(17)13-19-2/h4-12,16,19H,3,13H2,1-2H3,(H,20,21). The third-order valence-electron chi connectivity index (χ3n) is 3.57. The molecule has 0 aliphatic rings. The molecule has 0 heterocycles. The van der Waals surface area contributed by atoms with Gasteiger partial charge in [0.25, 0.3) is 0 Å². The van der Waals surface area contributed by atoms with Crippen LogP contribution in [0.25, 0.3) is 0 Å². The molecular formula is C18H22N2O. The van der Waals surface area contributed by atoms with Crippen molar-refractivity contribution >= 4 is 11.6 Å². The first kappa shape index (κ1) is 15.3. The maximum Gasteiger partial charge on any atom is 0.231 e. The molecule has 0 saturated carbocycles. The van der Waals surface area contributed by atoms with E-state index >= 15 is 0 Å². The fourth-order valence-corrected chi connectivity index (χ4v) is 2.46. The zero-order valence-electron chi connectivity index (χ0n) is 12.6. The van der Waals surface area contributed by atoms with E-state index < -0.39 is 0 Å². The molecule has 1 atom stereocenters. The van der Waals surface area contributed by atoms with Crippen LogP contribution in [0.1, 0.15) is 30.4 Å². The number of benzene rings is 2. The number of hydrogen-bond acceptors (Lipinski definition) is 2. The van der Waals surface area contributed by atoms with E-state index in [1.165, 1.54) is 0 Å². The summed E-state index contributed by atoms with van der Waals surface area (Å²) in [7, 11) is 1.90. The smallest absolute Gasteiger partial charge is 0.231 e. The van der Waals surface area contributed by atoms with E-state index in [2.05, 4.69) is 10.6 Å². The fraction of sp³-hybridized carbons (Fsp3) is 0.278. The lowest BCUT2D eigenvalue weighted by Crippen LogP contribution is -2.22. The summed E-state index contributed by atoms with van der Waals surface area (Å²) < 4.78 is 0. The predicted molar refractivity (Wildman–Crippen MR) is 87.3 cm³/mol. The van der Waals surface area contributed by atoms with Crippen molar-refractivity contribution in [2.24, 2.45) is 0 Å². The molecule has 2 aromatic rings. The summed E-state index contributed by atoms with van der Waals surface area (Å²) >= 11 is 0. The summed E-state index contributed by atoms with van der Waals surface area (Å²) in [5.74, 6) is -0.0684. The Labute approximate surface area is 126 Å². The van der Waals surface area contributed by atoms with Gasteiger partial charge in [0.05, 0.1) is 5.92 Å². The third kappa shape index (κ3) is 3.92. The summed E-state index contributed by atoms with van der Waals surface area (Å²) in [5.41, 5.74) is 3.03. The molecule has 0 bridgehead atoms. The molecule has 0 saturated heterocycles. The van der Waals surface area contributed by atoms with Gasteiger partial charge in [-0.15, -0.1) is 0 Å². The van der Waals surface area contributed by atoms with Crippen LogP contribution in [0.4, 0.5) is 5.69 Å². The third-order valence-corrected chi connectivity index (χ3v) is 3.57. The molecule has 0 aromatic heterocycles. The number of para-hydroxylation sites is 1. The Hall–Kier alpha value is -2.13. The van der Waals surface area contributed by atoms with Gasteiger partial charge >= 0.3 is 0 Å². The summed E-state index contributed by atoms with van der Waals surface area (Å²) in [6.07, 6.45) is 0.782. The molecular weight excluding hydrogens is 260 g/mol. The molecule has 0 radical (unpaired) electrons. The van der Waals surface area contributed by atoms with Crippen molar-refractivity contribution < 1.29 is 4.79 Å². The van der Waals surface area contributed by atoms with E-state index in [4.69, 9.17) is 0 Å². The lowest BCUT2D eigenvalue weighted by Gasteiger charge is -2.17. The highest BCUT2D eigenvalue weighted by molar-refractivity contribution is 5.96. The average Bonchev–Trinajstić information content (AvgIpc) is 2.51. The summed E-state index contributed by atoms with van der Waals surface area (Å²) in [6.45, 7) is 2.77. The van der Waals surface area contributed by atoms with Crippen LogP contribution in [-0.4, -0.2) is 13.0 Å². The lowest BCUT2D eigenvalue weighted by atomic mass is 9.95. The Balaban J connectivity index is 2.17. The minimum Gasteiger partial charge on any atom is -0.325 e. The van der Waals surface area contributed by atoms with Gasteiger partial charge in [0.2, 0.25) is 5.91 Å². The van der Waals surface area contributed by atoms with Crippen LogP contribution < -0.4 is 10.6 Å². The summed E-state index contributed by atoms with van der Waals surface area (Å²) in [6, 6.07) is 17.8. The van der Waals surface area contributed by atoms with Crippen molar-refractivity contribution in [2.45, 2.75) is 25.8 Å². The Morgan fingerprint density at radius 3 is 2.38 bits per heavy atom. The van der Waals surface area contributed by atoms with Crippen LogP contribution in [-0.2, 0) is 11.3 Å². The molecule has 3 heteroatoms. The SMILES string of the molecule is CCC(C(=O)Nc1ccccc1CNC)c1ccccc1. The topological polar surface area (TPSA) is 41.1 Å². The van der Waals surface area contributed by atoms with Crippen molar-refractivity contribution in [3.63, 3.8) is 0 Å². The number of hydrogen-bond donors (Lipinski definition) is 2. The van der Waals surface area contributed by atoms with Crippen LogP contribution in [0.2, 0.25) is 0 Å². The highest BCUT2D eigenvalue weighted by Gasteiger charge is 2.19. The summed E-state index contributed by atoms with van der Waals surface area (Å²) in [5, 5.41) is 6.19. The molecule has 2 aromatic carbocycles. The zero-order valence-corrected chi connectivity index (χ0v) is 12.6.